The van der Waals surface area contributed by atoms with Gasteiger partial charge in [-0.2, -0.15) is 10.1 Å². The number of carbonyl (C=O) groups excluding carboxylic acids is 1. The second-order valence-corrected chi connectivity index (χ2v) is 7.09. The molecule has 12 nitrogen and oxygen atoms in total. The highest BCUT2D eigenvalue weighted by atomic mass is 16.6. The molecular weight excluding hydrogens is 462 g/mol. The maximum absolute atomic E-state index is 12.0. The third-order valence-electron chi connectivity index (χ3n) is 4.71. The second kappa shape index (κ2) is 9.79. The molecule has 0 unspecified atom stereocenters. The Morgan fingerprint density at radius 3 is 2.46 bits per heavy atom. The summed E-state index contributed by atoms with van der Waals surface area (Å²) in [6.07, 6.45) is 0.678. The number of fused-ring (bicyclic) bond motifs is 1. The maximum Gasteiger partial charge on any atom is 0.433 e. The van der Waals surface area contributed by atoms with Gasteiger partial charge in [-0.05, 0) is 6.07 Å². The zero-order valence-corrected chi connectivity index (χ0v) is 17.9. The van der Waals surface area contributed by atoms with E-state index < -0.39 is 11.0 Å². The highest BCUT2D eigenvalue weighted by Crippen LogP contribution is 2.30. The lowest BCUT2D eigenvalue weighted by atomic mass is 10.1. The number of ether oxygens (including phenoxy) is 1. The lowest BCUT2D eigenvalue weighted by Crippen LogP contribution is -2.17. The van der Waals surface area contributed by atoms with Gasteiger partial charge in [0.15, 0.2) is 11.2 Å². The molecule has 0 spiro atoms. The number of aromatic hydroxyl groups is 2. The van der Waals surface area contributed by atoms with Crippen molar-refractivity contribution in [1.82, 2.24) is 5.01 Å². The summed E-state index contributed by atoms with van der Waals surface area (Å²) in [5.74, 6) is -0.221. The number of phenolic OH excluding ortho intramolecular Hbond substituents is 2. The second-order valence-electron chi connectivity index (χ2n) is 7.09. The summed E-state index contributed by atoms with van der Waals surface area (Å²) in [7, 11) is 0. The van der Waals surface area contributed by atoms with Gasteiger partial charge in [0, 0.05) is 23.8 Å². The fraction of sp³-hybridized carbons (Fsp3) is 0.0870. The number of hydrogen-bond acceptors (Lipinski definition) is 10. The van der Waals surface area contributed by atoms with Gasteiger partial charge in [-0.15, -0.1) is 0 Å². The van der Waals surface area contributed by atoms with Crippen molar-refractivity contribution in [1.29, 1.82) is 0 Å². The molecule has 1 saturated heterocycles. The number of nitrogens with zero attached hydrogens (tertiary/aromatic N) is 3. The first-order valence-corrected chi connectivity index (χ1v) is 10.1. The molecule has 4 aromatic rings. The van der Waals surface area contributed by atoms with Crippen molar-refractivity contribution in [3.63, 3.8) is 0 Å². The number of cyclic esters (lactones) is 1. The molecule has 2 aromatic carbocycles. The van der Waals surface area contributed by atoms with E-state index in [4.69, 9.17) is 8.83 Å². The molecular formula is C23H17N3O9. The Morgan fingerprint density at radius 1 is 1.03 bits per heavy atom. The molecule has 2 N–H and O–H groups in total. The van der Waals surface area contributed by atoms with Gasteiger partial charge in [0.05, 0.1) is 18.8 Å². The van der Waals surface area contributed by atoms with Gasteiger partial charge < -0.3 is 23.8 Å². The van der Waals surface area contributed by atoms with E-state index in [1.807, 2.05) is 30.3 Å². The normalized spacial score (nSPS) is 13.0. The Kier molecular flexibility index (Phi) is 6.44. The van der Waals surface area contributed by atoms with E-state index in [1.165, 1.54) is 30.5 Å². The molecule has 0 atom stereocenters. The molecule has 0 radical (unpaired) electrons. The standard InChI is InChI=1S/C15H10O4.C8H7N3O5/c16-10-6-11(17)15-12(18)8-13(19-14(15)7-10)9-4-2-1-3-5-9;12-8-10(3-4-15-8)9-5-6-1-2-7(16-6)11(13)14/h1-8,16-17H;1-2,5H,3-4H2. The molecule has 0 saturated carbocycles. The Bertz CT molecular complexity index is 1470. The Labute approximate surface area is 196 Å². The van der Waals surface area contributed by atoms with Crippen molar-refractivity contribution in [2.75, 3.05) is 13.2 Å². The van der Waals surface area contributed by atoms with Crippen LogP contribution < -0.4 is 5.43 Å². The van der Waals surface area contributed by atoms with Crippen molar-refractivity contribution in [2.24, 2.45) is 5.10 Å². The number of rotatable bonds is 4. The molecule has 12 heteroatoms. The van der Waals surface area contributed by atoms with Crippen LogP contribution >= 0.6 is 0 Å². The third-order valence-corrected chi connectivity index (χ3v) is 4.71. The first-order chi connectivity index (χ1) is 16.8. The number of furan rings is 1. The van der Waals surface area contributed by atoms with Gasteiger partial charge in [-0.25, -0.2) is 4.79 Å². The Hall–Kier alpha value is -5.13. The minimum atomic E-state index is -0.651. The zero-order chi connectivity index (χ0) is 24.9. The van der Waals surface area contributed by atoms with E-state index in [9.17, 15) is 29.9 Å². The summed E-state index contributed by atoms with van der Waals surface area (Å²) >= 11 is 0. The summed E-state index contributed by atoms with van der Waals surface area (Å²) in [4.78, 5) is 32.6. The van der Waals surface area contributed by atoms with Crippen molar-refractivity contribution in [2.45, 2.75) is 0 Å². The summed E-state index contributed by atoms with van der Waals surface area (Å²) < 4.78 is 15.0. The average Bonchev–Trinajstić information content (AvgIpc) is 3.47. The maximum atomic E-state index is 12.0. The average molecular weight is 479 g/mol. The first-order valence-electron chi connectivity index (χ1n) is 10.1. The molecule has 0 aliphatic carbocycles. The minimum Gasteiger partial charge on any atom is -0.508 e. The van der Waals surface area contributed by atoms with Gasteiger partial charge in [-0.3, -0.25) is 14.9 Å². The van der Waals surface area contributed by atoms with Gasteiger partial charge in [-0.1, -0.05) is 30.3 Å². The molecule has 1 aliphatic rings. The van der Waals surface area contributed by atoms with E-state index in [0.29, 0.717) is 12.3 Å². The van der Waals surface area contributed by atoms with Crippen LogP contribution in [-0.2, 0) is 4.74 Å². The van der Waals surface area contributed by atoms with Crippen molar-refractivity contribution in [3.8, 4) is 22.8 Å². The fourth-order valence-corrected chi connectivity index (χ4v) is 3.13. The molecule has 1 fully saturated rings. The van der Waals surface area contributed by atoms with Crippen LogP contribution in [0.4, 0.5) is 10.7 Å². The van der Waals surface area contributed by atoms with Crippen molar-refractivity contribution < 1.29 is 33.5 Å². The molecule has 1 aliphatic heterocycles. The highest BCUT2D eigenvalue weighted by molar-refractivity contribution is 5.86. The minimum absolute atomic E-state index is 0.0671. The smallest absolute Gasteiger partial charge is 0.433 e. The fourth-order valence-electron chi connectivity index (χ4n) is 3.13. The van der Waals surface area contributed by atoms with Crippen LogP contribution in [0.1, 0.15) is 5.76 Å². The number of carbonyl (C=O) groups is 1. The number of phenols is 2. The SMILES string of the molecule is O=C1OCCN1N=Cc1ccc([N+](=O)[O-])o1.O=c1cc(-c2ccccc2)oc2cc(O)cc(O)c12. The molecule has 178 valence electrons. The van der Waals surface area contributed by atoms with Crippen LogP contribution in [0.25, 0.3) is 22.3 Å². The highest BCUT2D eigenvalue weighted by Gasteiger charge is 2.21. The zero-order valence-electron chi connectivity index (χ0n) is 17.9. The van der Waals surface area contributed by atoms with E-state index in [-0.39, 0.29) is 46.1 Å². The number of hydrazone groups is 1. The topological polar surface area (TPSA) is 169 Å². The van der Waals surface area contributed by atoms with E-state index >= 15 is 0 Å². The molecule has 0 bridgehead atoms. The summed E-state index contributed by atoms with van der Waals surface area (Å²) in [5.41, 5.74) is 0.561. The number of nitro groups is 1. The Balaban J connectivity index is 0.000000168. The van der Waals surface area contributed by atoms with Crippen LogP contribution in [0.15, 0.2) is 79.4 Å². The number of amides is 1. The van der Waals surface area contributed by atoms with Crippen LogP contribution in [0, 0.1) is 10.1 Å². The first kappa shape index (κ1) is 23.0. The predicted octanol–water partition coefficient (Wildman–Crippen LogP) is 3.85. The third kappa shape index (κ3) is 5.27. The van der Waals surface area contributed by atoms with Gasteiger partial charge in [0.1, 0.15) is 39.8 Å². The van der Waals surface area contributed by atoms with E-state index in [1.54, 1.807) is 0 Å². The van der Waals surface area contributed by atoms with Crippen molar-refractivity contribution in [3.05, 3.63) is 86.8 Å². The lowest BCUT2D eigenvalue weighted by molar-refractivity contribution is -0.402. The van der Waals surface area contributed by atoms with Gasteiger partial charge in [0.2, 0.25) is 0 Å². The van der Waals surface area contributed by atoms with Crippen LogP contribution in [-0.4, -0.2) is 45.6 Å². The van der Waals surface area contributed by atoms with Crippen LogP contribution in [0.5, 0.6) is 11.5 Å². The quantitative estimate of drug-likeness (QED) is 0.251. The van der Waals surface area contributed by atoms with Crippen molar-refractivity contribution >= 4 is 29.2 Å². The number of benzene rings is 2. The summed E-state index contributed by atoms with van der Waals surface area (Å²) in [6.45, 7) is 0.645. The van der Waals surface area contributed by atoms with Gasteiger partial charge >= 0.3 is 12.0 Å². The monoisotopic (exact) mass is 479 g/mol. The summed E-state index contributed by atoms with van der Waals surface area (Å²) in [6, 6.07) is 15.5. The van der Waals surface area contributed by atoms with Crippen LogP contribution in [0.2, 0.25) is 0 Å². The summed E-state index contributed by atoms with van der Waals surface area (Å²) in [5, 5.41) is 34.4. The van der Waals surface area contributed by atoms with E-state index in [0.717, 1.165) is 16.6 Å². The van der Waals surface area contributed by atoms with E-state index in [2.05, 4.69) is 9.84 Å². The molecule has 1 amide bonds. The molecule has 3 heterocycles. The van der Waals surface area contributed by atoms with Crippen LogP contribution in [0.3, 0.4) is 0 Å². The molecule has 5 rings (SSSR count). The largest absolute Gasteiger partial charge is 0.508 e. The predicted molar refractivity (Wildman–Crippen MR) is 122 cm³/mol. The van der Waals surface area contributed by atoms with Gasteiger partial charge in [0.25, 0.3) is 0 Å². The Morgan fingerprint density at radius 2 is 1.80 bits per heavy atom. The lowest BCUT2D eigenvalue weighted by Gasteiger charge is -2.04. The molecule has 35 heavy (non-hydrogen) atoms. The number of hydrogen-bond donors (Lipinski definition) is 2. The molecule has 2 aromatic heterocycles.